The number of hydrogen-bond donors (Lipinski definition) is 2. The summed E-state index contributed by atoms with van der Waals surface area (Å²) in [5.41, 5.74) is 3.50. The Kier molecular flexibility index (Phi) is 3.67. The molecule has 3 rings (SSSR count). The molecule has 1 aliphatic rings. The van der Waals surface area contributed by atoms with Gasteiger partial charge in [0.1, 0.15) is 0 Å². The minimum Gasteiger partial charge on any atom is -0.478 e. The van der Waals surface area contributed by atoms with Gasteiger partial charge in [0.15, 0.2) is 0 Å². The van der Waals surface area contributed by atoms with E-state index in [1.54, 1.807) is 24.3 Å². The minimum absolute atomic E-state index is 0.143. The van der Waals surface area contributed by atoms with Gasteiger partial charge in [-0.1, -0.05) is 24.3 Å². The predicted molar refractivity (Wildman–Crippen MR) is 82.4 cm³/mol. The van der Waals surface area contributed by atoms with Crippen molar-refractivity contribution in [2.24, 2.45) is 0 Å². The highest BCUT2D eigenvalue weighted by Crippen LogP contribution is 2.36. The number of aromatic carboxylic acids is 2. The van der Waals surface area contributed by atoms with Crippen molar-refractivity contribution in [3.05, 3.63) is 58.7 Å². The number of carbonyl (C=O) groups is 2. The summed E-state index contributed by atoms with van der Waals surface area (Å²) in [6.45, 7) is 0. The van der Waals surface area contributed by atoms with Crippen LogP contribution in [0.25, 0.3) is 11.1 Å². The zero-order valence-electron chi connectivity index (χ0n) is 12.0. The second kappa shape index (κ2) is 5.64. The highest BCUT2D eigenvalue weighted by Gasteiger charge is 2.23. The van der Waals surface area contributed by atoms with Crippen LogP contribution in [0.15, 0.2) is 36.4 Å². The van der Waals surface area contributed by atoms with Crippen LogP contribution >= 0.6 is 0 Å². The molecule has 4 nitrogen and oxygen atoms in total. The number of carboxylic acids is 2. The van der Waals surface area contributed by atoms with E-state index in [2.05, 4.69) is 0 Å². The second-order valence-electron chi connectivity index (χ2n) is 5.49. The van der Waals surface area contributed by atoms with Gasteiger partial charge in [0.25, 0.3) is 0 Å². The standard InChI is InChI=1S/C18H16O4/c19-17(20)14-8-4-3-7-13(14)16-12-6-2-1-5-11(12)9-10-15(16)18(21)22/h3-4,7-10H,1-2,5-6H2,(H,19,20)(H,21,22). The van der Waals surface area contributed by atoms with Crippen molar-refractivity contribution >= 4 is 11.9 Å². The van der Waals surface area contributed by atoms with Crippen LogP contribution in [-0.2, 0) is 12.8 Å². The van der Waals surface area contributed by atoms with Crippen LogP contribution in [0.2, 0.25) is 0 Å². The van der Waals surface area contributed by atoms with E-state index in [0.29, 0.717) is 11.1 Å². The molecule has 2 N–H and O–H groups in total. The van der Waals surface area contributed by atoms with E-state index in [1.807, 2.05) is 6.07 Å². The first kappa shape index (κ1) is 14.3. The smallest absolute Gasteiger partial charge is 0.336 e. The molecule has 0 radical (unpaired) electrons. The molecule has 0 amide bonds. The Bertz CT molecular complexity index is 762. The number of benzene rings is 2. The van der Waals surface area contributed by atoms with E-state index in [4.69, 9.17) is 0 Å². The molecule has 1 aliphatic carbocycles. The molecule has 0 aromatic heterocycles. The monoisotopic (exact) mass is 296 g/mol. The lowest BCUT2D eigenvalue weighted by Crippen LogP contribution is -2.11. The van der Waals surface area contributed by atoms with Crippen molar-refractivity contribution in [2.75, 3.05) is 0 Å². The number of carboxylic acid groups (broad SMARTS) is 2. The van der Waals surface area contributed by atoms with E-state index < -0.39 is 11.9 Å². The van der Waals surface area contributed by atoms with Crippen LogP contribution in [0, 0.1) is 0 Å². The molecule has 0 aliphatic heterocycles. The Hall–Kier alpha value is -2.62. The van der Waals surface area contributed by atoms with E-state index >= 15 is 0 Å². The first-order valence-corrected chi connectivity index (χ1v) is 7.30. The summed E-state index contributed by atoms with van der Waals surface area (Å²) in [4.78, 5) is 23.1. The molecule has 0 heterocycles. The summed E-state index contributed by atoms with van der Waals surface area (Å²) in [5, 5.41) is 18.9. The normalized spacial score (nSPS) is 13.5. The summed E-state index contributed by atoms with van der Waals surface area (Å²) in [7, 11) is 0. The highest BCUT2D eigenvalue weighted by molar-refractivity contribution is 6.03. The Morgan fingerprint density at radius 2 is 1.50 bits per heavy atom. The maximum Gasteiger partial charge on any atom is 0.336 e. The topological polar surface area (TPSA) is 74.6 Å². The van der Waals surface area contributed by atoms with Crippen LogP contribution in [0.4, 0.5) is 0 Å². The molecule has 22 heavy (non-hydrogen) atoms. The van der Waals surface area contributed by atoms with Gasteiger partial charge < -0.3 is 10.2 Å². The SMILES string of the molecule is O=C(O)c1ccccc1-c1c(C(=O)O)ccc2c1CCCC2. The molecule has 0 bridgehead atoms. The lowest BCUT2D eigenvalue weighted by Gasteiger charge is -2.22. The number of rotatable bonds is 3. The van der Waals surface area contributed by atoms with Gasteiger partial charge >= 0.3 is 11.9 Å². The Balaban J connectivity index is 2.34. The molecule has 2 aromatic carbocycles. The summed E-state index contributed by atoms with van der Waals surface area (Å²) >= 11 is 0. The second-order valence-corrected chi connectivity index (χ2v) is 5.49. The maximum atomic E-state index is 11.6. The third kappa shape index (κ3) is 2.37. The van der Waals surface area contributed by atoms with Gasteiger partial charge in [0.2, 0.25) is 0 Å². The Labute approximate surface area is 128 Å². The quantitative estimate of drug-likeness (QED) is 0.907. The summed E-state index contributed by atoms with van der Waals surface area (Å²) in [5.74, 6) is -2.07. The summed E-state index contributed by atoms with van der Waals surface area (Å²) in [6, 6.07) is 10.1. The molecule has 112 valence electrons. The van der Waals surface area contributed by atoms with Crippen molar-refractivity contribution in [1.29, 1.82) is 0 Å². The van der Waals surface area contributed by atoms with Gasteiger partial charge in [0.05, 0.1) is 11.1 Å². The molecular weight excluding hydrogens is 280 g/mol. The van der Waals surface area contributed by atoms with E-state index in [0.717, 1.165) is 36.8 Å². The van der Waals surface area contributed by atoms with Gasteiger partial charge in [-0.15, -0.1) is 0 Å². The van der Waals surface area contributed by atoms with E-state index in [1.165, 1.54) is 6.07 Å². The molecule has 0 spiro atoms. The number of fused-ring (bicyclic) bond motifs is 1. The molecular formula is C18H16O4. The average molecular weight is 296 g/mol. The van der Waals surface area contributed by atoms with Crippen LogP contribution in [0.5, 0.6) is 0 Å². The zero-order valence-corrected chi connectivity index (χ0v) is 12.0. The Morgan fingerprint density at radius 1 is 0.818 bits per heavy atom. The maximum absolute atomic E-state index is 11.6. The van der Waals surface area contributed by atoms with Crippen molar-refractivity contribution in [2.45, 2.75) is 25.7 Å². The number of aryl methyl sites for hydroxylation is 1. The van der Waals surface area contributed by atoms with Crippen LogP contribution < -0.4 is 0 Å². The lowest BCUT2D eigenvalue weighted by molar-refractivity contribution is 0.0684. The van der Waals surface area contributed by atoms with Gasteiger partial charge in [0, 0.05) is 5.56 Å². The summed E-state index contributed by atoms with van der Waals surface area (Å²) < 4.78 is 0. The van der Waals surface area contributed by atoms with Crippen molar-refractivity contribution in [3.8, 4) is 11.1 Å². The molecule has 0 saturated heterocycles. The first-order chi connectivity index (χ1) is 10.6. The first-order valence-electron chi connectivity index (χ1n) is 7.30. The molecule has 2 aromatic rings. The van der Waals surface area contributed by atoms with E-state index in [-0.39, 0.29) is 11.1 Å². The van der Waals surface area contributed by atoms with Gasteiger partial charge in [-0.25, -0.2) is 9.59 Å². The van der Waals surface area contributed by atoms with Crippen molar-refractivity contribution in [3.63, 3.8) is 0 Å². The molecule has 0 unspecified atom stereocenters. The fourth-order valence-electron chi connectivity index (χ4n) is 3.20. The van der Waals surface area contributed by atoms with Crippen molar-refractivity contribution in [1.82, 2.24) is 0 Å². The van der Waals surface area contributed by atoms with Crippen LogP contribution in [0.3, 0.4) is 0 Å². The fourth-order valence-corrected chi connectivity index (χ4v) is 3.20. The van der Waals surface area contributed by atoms with Gasteiger partial charge in [-0.2, -0.15) is 0 Å². The summed E-state index contributed by atoms with van der Waals surface area (Å²) in [6.07, 6.45) is 3.79. The predicted octanol–water partition coefficient (Wildman–Crippen LogP) is 3.63. The molecule has 0 saturated carbocycles. The average Bonchev–Trinajstić information content (AvgIpc) is 2.53. The van der Waals surface area contributed by atoms with Crippen LogP contribution in [-0.4, -0.2) is 22.2 Å². The van der Waals surface area contributed by atoms with Crippen LogP contribution in [0.1, 0.15) is 44.7 Å². The minimum atomic E-state index is -1.04. The third-order valence-electron chi connectivity index (χ3n) is 4.19. The zero-order chi connectivity index (χ0) is 15.7. The van der Waals surface area contributed by atoms with Gasteiger partial charge in [-0.3, -0.25) is 0 Å². The van der Waals surface area contributed by atoms with Crippen molar-refractivity contribution < 1.29 is 19.8 Å². The van der Waals surface area contributed by atoms with Gasteiger partial charge in [-0.05, 0) is 54.5 Å². The highest BCUT2D eigenvalue weighted by atomic mass is 16.4. The molecule has 4 heteroatoms. The third-order valence-corrected chi connectivity index (χ3v) is 4.19. The van der Waals surface area contributed by atoms with E-state index in [9.17, 15) is 19.8 Å². The number of hydrogen-bond acceptors (Lipinski definition) is 2. The Morgan fingerprint density at radius 3 is 2.23 bits per heavy atom. The fraction of sp³-hybridized carbons (Fsp3) is 0.222. The molecule has 0 fully saturated rings. The lowest BCUT2D eigenvalue weighted by atomic mass is 9.82. The largest absolute Gasteiger partial charge is 0.478 e. The molecule has 0 atom stereocenters.